The topological polar surface area (TPSA) is 36.0 Å². The lowest BCUT2D eigenvalue weighted by molar-refractivity contribution is 0.273. The average molecular weight is 247 g/mol. The number of nitrogens with one attached hydrogen (secondary N) is 1. The predicted molar refractivity (Wildman–Crippen MR) is 57.6 cm³/mol. The highest BCUT2D eigenvalue weighted by Gasteiger charge is 2.18. The van der Waals surface area contributed by atoms with Gasteiger partial charge in [-0.1, -0.05) is 0 Å². The molecule has 1 aromatic heterocycles. The SMILES string of the molecule is Cc1c(CO)c(F)c(F)c2sc(=S)[nH]c12. The molecule has 2 N–H and O–H groups in total. The molecule has 6 heteroatoms. The lowest BCUT2D eigenvalue weighted by atomic mass is 10.1. The van der Waals surface area contributed by atoms with Crippen molar-refractivity contribution < 1.29 is 13.9 Å². The van der Waals surface area contributed by atoms with E-state index in [0.717, 1.165) is 11.3 Å². The number of fused-ring (bicyclic) bond motifs is 1. The first-order valence-corrected chi connectivity index (χ1v) is 5.38. The van der Waals surface area contributed by atoms with Crippen molar-refractivity contribution in [2.75, 3.05) is 0 Å². The van der Waals surface area contributed by atoms with Crippen LogP contribution in [0.4, 0.5) is 8.78 Å². The van der Waals surface area contributed by atoms with Crippen molar-refractivity contribution in [3.05, 3.63) is 26.7 Å². The van der Waals surface area contributed by atoms with Crippen LogP contribution < -0.4 is 0 Å². The number of halogens is 2. The Balaban J connectivity index is 3.01. The van der Waals surface area contributed by atoms with E-state index in [1.807, 2.05) is 0 Å². The van der Waals surface area contributed by atoms with Crippen LogP contribution in [0, 0.1) is 22.5 Å². The third-order valence-electron chi connectivity index (χ3n) is 2.29. The molecule has 0 amide bonds. The first kappa shape index (κ1) is 10.7. The van der Waals surface area contributed by atoms with Crippen LogP contribution in [-0.4, -0.2) is 10.1 Å². The molecule has 15 heavy (non-hydrogen) atoms. The minimum atomic E-state index is -0.993. The van der Waals surface area contributed by atoms with Gasteiger partial charge in [0.15, 0.2) is 15.6 Å². The van der Waals surface area contributed by atoms with Crippen LogP contribution in [0.1, 0.15) is 11.1 Å². The summed E-state index contributed by atoms with van der Waals surface area (Å²) in [5.74, 6) is -1.94. The smallest absolute Gasteiger partial charge is 0.178 e. The van der Waals surface area contributed by atoms with Gasteiger partial charge in [-0.3, -0.25) is 0 Å². The minimum absolute atomic E-state index is 0.0240. The molecule has 0 unspecified atom stereocenters. The largest absolute Gasteiger partial charge is 0.392 e. The van der Waals surface area contributed by atoms with E-state index in [9.17, 15) is 8.78 Å². The Bertz CT molecular complexity index is 588. The number of benzene rings is 1. The predicted octanol–water partition coefficient (Wildman–Crippen LogP) is 3.04. The molecular weight excluding hydrogens is 240 g/mol. The van der Waals surface area contributed by atoms with E-state index in [1.165, 1.54) is 0 Å². The summed E-state index contributed by atoms with van der Waals surface area (Å²) >= 11 is 5.86. The first-order chi connectivity index (χ1) is 7.06. The van der Waals surface area contributed by atoms with Crippen LogP contribution in [-0.2, 0) is 6.61 Å². The van der Waals surface area contributed by atoms with Gasteiger partial charge in [-0.05, 0) is 24.7 Å². The van der Waals surface area contributed by atoms with Crippen LogP contribution in [0.25, 0.3) is 10.2 Å². The van der Waals surface area contributed by atoms with E-state index in [0.29, 0.717) is 15.0 Å². The van der Waals surface area contributed by atoms with Gasteiger partial charge in [-0.2, -0.15) is 0 Å². The molecule has 0 spiro atoms. The standard InChI is InChI=1S/C9H7F2NOS2/c1-3-4(2-13)5(10)6(11)8-7(3)12-9(14)15-8/h13H,2H2,1H3,(H,12,14). The van der Waals surface area contributed by atoms with Crippen LogP contribution in [0.5, 0.6) is 0 Å². The fourth-order valence-corrected chi connectivity index (χ4v) is 2.66. The number of H-pyrrole nitrogens is 1. The molecule has 0 bridgehead atoms. The van der Waals surface area contributed by atoms with Crippen LogP contribution in [0.3, 0.4) is 0 Å². The second-order valence-electron chi connectivity index (χ2n) is 3.11. The Morgan fingerprint density at radius 2 is 2.07 bits per heavy atom. The zero-order valence-corrected chi connectivity index (χ0v) is 9.36. The second-order valence-corrected chi connectivity index (χ2v) is 4.80. The molecule has 0 aliphatic heterocycles. The van der Waals surface area contributed by atoms with Crippen molar-refractivity contribution in [3.8, 4) is 0 Å². The molecule has 80 valence electrons. The van der Waals surface area contributed by atoms with Gasteiger partial charge in [-0.25, -0.2) is 8.78 Å². The molecule has 0 saturated heterocycles. The maximum absolute atomic E-state index is 13.5. The number of hydrogen-bond donors (Lipinski definition) is 2. The molecule has 0 radical (unpaired) electrons. The van der Waals surface area contributed by atoms with Crippen LogP contribution in [0.2, 0.25) is 0 Å². The van der Waals surface area contributed by atoms with Crippen LogP contribution in [0.15, 0.2) is 0 Å². The Labute approximate surface area is 93.2 Å². The number of hydrogen-bond acceptors (Lipinski definition) is 3. The molecule has 0 atom stereocenters. The molecule has 0 aliphatic carbocycles. The summed E-state index contributed by atoms with van der Waals surface area (Å²) < 4.78 is 27.5. The normalized spacial score (nSPS) is 11.2. The molecule has 2 aromatic rings. The molecular formula is C9H7F2NOS2. The number of thiazole rings is 1. The monoisotopic (exact) mass is 247 g/mol. The maximum Gasteiger partial charge on any atom is 0.178 e. The van der Waals surface area contributed by atoms with Crippen molar-refractivity contribution >= 4 is 33.8 Å². The molecule has 1 aromatic carbocycles. The molecule has 0 saturated carbocycles. The number of aliphatic hydroxyl groups is 1. The van der Waals surface area contributed by atoms with Gasteiger partial charge in [0, 0.05) is 5.56 Å². The number of rotatable bonds is 1. The van der Waals surface area contributed by atoms with Gasteiger partial charge >= 0.3 is 0 Å². The van der Waals surface area contributed by atoms with E-state index in [4.69, 9.17) is 17.3 Å². The molecule has 0 aliphatic rings. The summed E-state index contributed by atoms with van der Waals surface area (Å²) in [6, 6.07) is 0. The van der Waals surface area contributed by atoms with E-state index in [-0.39, 0.29) is 10.3 Å². The van der Waals surface area contributed by atoms with E-state index < -0.39 is 18.2 Å². The van der Waals surface area contributed by atoms with Crippen molar-refractivity contribution in [1.29, 1.82) is 0 Å². The quantitative estimate of drug-likeness (QED) is 0.760. The molecule has 1 heterocycles. The van der Waals surface area contributed by atoms with Gasteiger partial charge in [0.1, 0.15) is 0 Å². The Morgan fingerprint density at radius 3 is 2.67 bits per heavy atom. The molecule has 2 rings (SSSR count). The Morgan fingerprint density at radius 1 is 1.40 bits per heavy atom. The summed E-state index contributed by atoms with van der Waals surface area (Å²) in [6.45, 7) is 1.09. The maximum atomic E-state index is 13.5. The van der Waals surface area contributed by atoms with Crippen molar-refractivity contribution in [1.82, 2.24) is 4.98 Å². The summed E-state index contributed by atoms with van der Waals surface area (Å²) in [4.78, 5) is 2.79. The summed E-state index contributed by atoms with van der Waals surface area (Å²) in [5, 5.41) is 8.95. The van der Waals surface area contributed by atoms with E-state index in [2.05, 4.69) is 4.98 Å². The number of aromatic nitrogens is 1. The van der Waals surface area contributed by atoms with Gasteiger partial charge in [0.25, 0.3) is 0 Å². The highest BCUT2D eigenvalue weighted by Crippen LogP contribution is 2.30. The van der Waals surface area contributed by atoms with E-state index in [1.54, 1.807) is 6.92 Å². The highest BCUT2D eigenvalue weighted by atomic mass is 32.1. The summed E-state index contributed by atoms with van der Waals surface area (Å²) in [7, 11) is 0. The van der Waals surface area contributed by atoms with Gasteiger partial charge in [0.05, 0.1) is 16.8 Å². The first-order valence-electron chi connectivity index (χ1n) is 4.16. The molecule has 2 nitrogen and oxygen atoms in total. The lowest BCUT2D eigenvalue weighted by Gasteiger charge is -2.06. The minimum Gasteiger partial charge on any atom is -0.392 e. The number of aryl methyl sites for hydroxylation is 1. The van der Waals surface area contributed by atoms with Gasteiger partial charge in [-0.15, -0.1) is 11.3 Å². The van der Waals surface area contributed by atoms with Crippen molar-refractivity contribution in [3.63, 3.8) is 0 Å². The zero-order chi connectivity index (χ0) is 11.2. The van der Waals surface area contributed by atoms with E-state index >= 15 is 0 Å². The number of aliphatic hydroxyl groups excluding tert-OH is 1. The molecule has 0 fully saturated rings. The third kappa shape index (κ3) is 1.49. The second kappa shape index (κ2) is 3.62. The average Bonchev–Trinajstić information content (AvgIpc) is 2.58. The highest BCUT2D eigenvalue weighted by molar-refractivity contribution is 7.73. The summed E-state index contributed by atoms with van der Waals surface area (Å²) in [5.41, 5.74) is 0.941. The van der Waals surface area contributed by atoms with Crippen LogP contribution >= 0.6 is 23.6 Å². The third-order valence-corrected chi connectivity index (χ3v) is 3.52. The fraction of sp³-hybridized carbons (Fsp3) is 0.222. The Hall–Kier alpha value is -0.850. The van der Waals surface area contributed by atoms with Gasteiger partial charge in [0.2, 0.25) is 0 Å². The zero-order valence-electron chi connectivity index (χ0n) is 7.73. The van der Waals surface area contributed by atoms with Gasteiger partial charge < -0.3 is 10.1 Å². The van der Waals surface area contributed by atoms with Crippen molar-refractivity contribution in [2.45, 2.75) is 13.5 Å². The fourth-order valence-electron chi connectivity index (χ4n) is 1.48. The van der Waals surface area contributed by atoms with Crippen molar-refractivity contribution in [2.24, 2.45) is 0 Å². The summed E-state index contributed by atoms with van der Waals surface area (Å²) in [6.07, 6.45) is 0. The lowest BCUT2D eigenvalue weighted by Crippen LogP contribution is -1.99. The Kier molecular flexibility index (Phi) is 2.57. The number of aromatic amines is 1.